The van der Waals surface area contributed by atoms with E-state index >= 15 is 0 Å². The number of nitrogens with one attached hydrogen (secondary N) is 2. The second-order valence-corrected chi connectivity index (χ2v) is 3.94. The first-order valence-corrected chi connectivity index (χ1v) is 4.11. The predicted molar refractivity (Wildman–Crippen MR) is 45.9 cm³/mol. The van der Waals surface area contributed by atoms with Crippen molar-refractivity contribution in [1.82, 2.24) is 21.0 Å². The molecule has 0 aromatic carbocycles. The van der Waals surface area contributed by atoms with Crippen LogP contribution in [-0.2, 0) is 4.79 Å². The quantitative estimate of drug-likeness (QED) is 0.420. The molecule has 1 amide bonds. The first-order valence-electron chi connectivity index (χ1n) is 4.11. The van der Waals surface area contributed by atoms with E-state index < -0.39 is 0 Å². The number of carbonyl (C=O) groups is 1. The van der Waals surface area contributed by atoms with Gasteiger partial charge in [0.2, 0.25) is 5.91 Å². The first-order chi connectivity index (χ1) is 5.98. The zero-order valence-electron chi connectivity index (χ0n) is 7.66. The van der Waals surface area contributed by atoms with Crippen molar-refractivity contribution in [3.63, 3.8) is 0 Å². The number of hydrazine groups is 3. The number of rotatable bonds is 0. The van der Waals surface area contributed by atoms with Gasteiger partial charge in [-0.25, -0.2) is 16.0 Å². The molecule has 0 aromatic heterocycles. The molecule has 2 heterocycles. The van der Waals surface area contributed by atoms with Crippen LogP contribution in [-0.4, -0.2) is 21.6 Å². The summed E-state index contributed by atoms with van der Waals surface area (Å²) in [5.41, 5.74) is 2.48. The van der Waals surface area contributed by atoms with Gasteiger partial charge in [-0.05, 0) is 13.8 Å². The summed E-state index contributed by atoms with van der Waals surface area (Å²) in [6.07, 6.45) is 2.09. The SMILES string of the molecule is CC1(C)CC(=O)N2NN(N)C=C2N1. The molecule has 0 aliphatic carbocycles. The lowest BCUT2D eigenvalue weighted by Crippen LogP contribution is -2.57. The van der Waals surface area contributed by atoms with Crippen molar-refractivity contribution in [2.75, 3.05) is 0 Å². The van der Waals surface area contributed by atoms with Crippen molar-refractivity contribution < 1.29 is 4.79 Å². The average Bonchev–Trinajstić information content (AvgIpc) is 2.27. The summed E-state index contributed by atoms with van der Waals surface area (Å²) in [7, 11) is 0. The minimum atomic E-state index is -0.202. The van der Waals surface area contributed by atoms with Gasteiger partial charge in [-0.3, -0.25) is 4.79 Å². The number of fused-ring (bicyclic) bond motifs is 1. The Hall–Kier alpha value is -1.27. The molecule has 6 nitrogen and oxygen atoms in total. The highest BCUT2D eigenvalue weighted by molar-refractivity contribution is 5.80. The smallest absolute Gasteiger partial charge is 0.246 e. The van der Waals surface area contributed by atoms with Crippen molar-refractivity contribution in [3.05, 3.63) is 12.0 Å². The van der Waals surface area contributed by atoms with Crippen molar-refractivity contribution in [2.24, 2.45) is 5.84 Å². The molecule has 2 aliphatic rings. The molecule has 1 fully saturated rings. The molecule has 2 rings (SSSR count). The van der Waals surface area contributed by atoms with Crippen LogP contribution in [0.15, 0.2) is 12.0 Å². The van der Waals surface area contributed by atoms with Crippen LogP contribution in [0.2, 0.25) is 0 Å². The van der Waals surface area contributed by atoms with Crippen LogP contribution in [0.1, 0.15) is 20.3 Å². The van der Waals surface area contributed by atoms with Crippen LogP contribution < -0.4 is 16.7 Å². The van der Waals surface area contributed by atoms with Gasteiger partial charge in [0.05, 0.1) is 12.6 Å². The molecule has 0 saturated carbocycles. The van der Waals surface area contributed by atoms with E-state index in [0.29, 0.717) is 12.2 Å². The highest BCUT2D eigenvalue weighted by Gasteiger charge is 2.37. The van der Waals surface area contributed by atoms with Crippen molar-refractivity contribution in [2.45, 2.75) is 25.8 Å². The largest absolute Gasteiger partial charge is 0.364 e. The maximum atomic E-state index is 11.5. The van der Waals surface area contributed by atoms with Crippen LogP contribution in [0.25, 0.3) is 0 Å². The lowest BCUT2D eigenvalue weighted by Gasteiger charge is -2.36. The topological polar surface area (TPSA) is 73.6 Å². The molecular formula is C7H13N5O. The van der Waals surface area contributed by atoms with Gasteiger partial charge in [0.15, 0.2) is 0 Å². The fraction of sp³-hybridized carbons (Fsp3) is 0.571. The molecule has 13 heavy (non-hydrogen) atoms. The molecule has 0 spiro atoms. The van der Waals surface area contributed by atoms with Crippen LogP contribution >= 0.6 is 0 Å². The van der Waals surface area contributed by atoms with Gasteiger partial charge in [-0.15, -0.1) is 5.53 Å². The van der Waals surface area contributed by atoms with E-state index in [0.717, 1.165) is 0 Å². The monoisotopic (exact) mass is 183 g/mol. The summed E-state index contributed by atoms with van der Waals surface area (Å²) < 4.78 is 0. The second-order valence-electron chi connectivity index (χ2n) is 3.94. The molecule has 1 saturated heterocycles. The Morgan fingerprint density at radius 2 is 2.31 bits per heavy atom. The summed E-state index contributed by atoms with van der Waals surface area (Å²) in [5, 5.41) is 5.86. The van der Waals surface area contributed by atoms with Gasteiger partial charge < -0.3 is 5.32 Å². The maximum Gasteiger partial charge on any atom is 0.246 e. The van der Waals surface area contributed by atoms with Gasteiger partial charge in [-0.1, -0.05) is 0 Å². The second kappa shape index (κ2) is 2.36. The van der Waals surface area contributed by atoms with E-state index in [2.05, 4.69) is 10.9 Å². The van der Waals surface area contributed by atoms with Crippen molar-refractivity contribution in [1.29, 1.82) is 0 Å². The molecule has 72 valence electrons. The Bertz CT molecular complexity index is 285. The highest BCUT2D eigenvalue weighted by Crippen LogP contribution is 2.22. The molecule has 6 heteroatoms. The van der Waals surface area contributed by atoms with Gasteiger partial charge in [0.25, 0.3) is 0 Å². The fourth-order valence-corrected chi connectivity index (χ4v) is 1.51. The first kappa shape index (κ1) is 8.33. The molecule has 0 unspecified atom stereocenters. The van der Waals surface area contributed by atoms with E-state index in [1.54, 1.807) is 6.20 Å². The van der Waals surface area contributed by atoms with Gasteiger partial charge >= 0.3 is 0 Å². The third-order valence-electron chi connectivity index (χ3n) is 2.03. The number of nitrogens with zero attached hydrogens (tertiary/aromatic N) is 2. The lowest BCUT2D eigenvalue weighted by atomic mass is 9.98. The lowest BCUT2D eigenvalue weighted by molar-refractivity contribution is -0.138. The van der Waals surface area contributed by atoms with Crippen molar-refractivity contribution >= 4 is 5.91 Å². The third kappa shape index (κ3) is 1.34. The number of hydrogen-bond donors (Lipinski definition) is 3. The van der Waals surface area contributed by atoms with Gasteiger partial charge in [0.1, 0.15) is 5.82 Å². The Labute approximate surface area is 76.3 Å². The van der Waals surface area contributed by atoms with E-state index in [-0.39, 0.29) is 11.4 Å². The van der Waals surface area contributed by atoms with E-state index in [4.69, 9.17) is 5.84 Å². The maximum absolute atomic E-state index is 11.5. The van der Waals surface area contributed by atoms with E-state index in [9.17, 15) is 4.79 Å². The summed E-state index contributed by atoms with van der Waals surface area (Å²) >= 11 is 0. The highest BCUT2D eigenvalue weighted by atomic mass is 16.2. The Kier molecular flexibility index (Phi) is 1.52. The molecule has 0 aromatic rings. The molecular weight excluding hydrogens is 170 g/mol. The molecule has 0 atom stereocenters. The summed E-state index contributed by atoms with van der Waals surface area (Å²) in [6.45, 7) is 3.95. The number of nitrogens with two attached hydrogens (primary N) is 1. The molecule has 2 aliphatic heterocycles. The fourth-order valence-electron chi connectivity index (χ4n) is 1.51. The number of hydrogen-bond acceptors (Lipinski definition) is 5. The van der Waals surface area contributed by atoms with Crippen LogP contribution in [0, 0.1) is 0 Å². The summed E-state index contributed by atoms with van der Waals surface area (Å²) in [6, 6.07) is 0. The predicted octanol–water partition coefficient (Wildman–Crippen LogP) is -1.01. The van der Waals surface area contributed by atoms with Crippen molar-refractivity contribution in [3.8, 4) is 0 Å². The van der Waals surface area contributed by atoms with E-state index in [1.165, 1.54) is 10.1 Å². The van der Waals surface area contributed by atoms with Crippen LogP contribution in [0.5, 0.6) is 0 Å². The standard InChI is InChI=1S/C7H13N5O/c1-7(2)3-6(13)12-5(9-7)4-11(8)10-12/h4,9-10H,3,8H2,1-2H3. The number of carbonyl (C=O) groups excluding carboxylic acids is 1. The summed E-state index contributed by atoms with van der Waals surface area (Å²) in [5.74, 6) is 6.17. The Morgan fingerprint density at radius 1 is 1.62 bits per heavy atom. The molecule has 0 bridgehead atoms. The van der Waals surface area contributed by atoms with E-state index in [1.807, 2.05) is 13.8 Å². The Morgan fingerprint density at radius 3 is 3.00 bits per heavy atom. The van der Waals surface area contributed by atoms with Gasteiger partial charge in [-0.2, -0.15) is 0 Å². The zero-order chi connectivity index (χ0) is 9.64. The van der Waals surface area contributed by atoms with Crippen LogP contribution in [0.3, 0.4) is 0 Å². The zero-order valence-corrected chi connectivity index (χ0v) is 7.66. The minimum Gasteiger partial charge on any atom is -0.364 e. The van der Waals surface area contributed by atoms with Crippen LogP contribution in [0.4, 0.5) is 0 Å². The third-order valence-corrected chi connectivity index (χ3v) is 2.03. The molecule has 4 N–H and O–H groups in total. The molecule has 0 radical (unpaired) electrons. The summed E-state index contributed by atoms with van der Waals surface area (Å²) in [4.78, 5) is 11.5. The van der Waals surface area contributed by atoms with Gasteiger partial charge in [0, 0.05) is 5.54 Å². The number of amides is 1. The Balaban J connectivity index is 2.25. The average molecular weight is 183 g/mol. The minimum absolute atomic E-state index is 0.0166. The normalized spacial score (nSPS) is 25.5.